The van der Waals surface area contributed by atoms with Crippen molar-refractivity contribution in [3.63, 3.8) is 0 Å². The van der Waals surface area contributed by atoms with E-state index in [2.05, 4.69) is 54.7 Å². The first-order valence-electron chi connectivity index (χ1n) is 9.92. The van der Waals surface area contributed by atoms with Crippen LogP contribution in [0, 0.1) is 6.92 Å². The second-order valence-electron chi connectivity index (χ2n) is 7.24. The third-order valence-corrected chi connectivity index (χ3v) is 5.55. The molecule has 4 heteroatoms. The average Bonchev–Trinajstić information content (AvgIpc) is 2.76. The number of rotatable bonds is 9. The first-order chi connectivity index (χ1) is 14.1. The first kappa shape index (κ1) is 21.3. The van der Waals surface area contributed by atoms with E-state index in [-0.39, 0.29) is 12.3 Å². The fourth-order valence-corrected chi connectivity index (χ4v) is 3.98. The molecule has 0 aromatic heterocycles. The van der Waals surface area contributed by atoms with E-state index < -0.39 is 5.54 Å². The van der Waals surface area contributed by atoms with Crippen LogP contribution in [-0.2, 0) is 10.3 Å². The number of hydrogen-bond acceptors (Lipinski definition) is 3. The Hall–Kier alpha value is -2.46. The number of ketones is 1. The predicted molar refractivity (Wildman–Crippen MR) is 120 cm³/mol. The molecule has 1 atom stereocenters. The zero-order chi connectivity index (χ0) is 20.7. The molecule has 0 amide bonds. The molecule has 0 heterocycles. The van der Waals surface area contributed by atoms with Crippen molar-refractivity contribution in [1.82, 2.24) is 5.32 Å². The number of hydrogen-bond donors (Lipinski definition) is 2. The molecule has 0 bridgehead atoms. The maximum atomic E-state index is 11.7. The Balaban J connectivity index is 2.12. The van der Waals surface area contributed by atoms with Crippen molar-refractivity contribution < 1.29 is 4.79 Å². The van der Waals surface area contributed by atoms with E-state index in [1.54, 1.807) is 0 Å². The lowest BCUT2D eigenvalue weighted by atomic mass is 9.76. The number of carbonyl (C=O) groups excluding carboxylic acids is 1. The highest BCUT2D eigenvalue weighted by Gasteiger charge is 2.37. The zero-order valence-electron chi connectivity index (χ0n) is 16.7. The number of nitrogens with one attached hydrogen (secondary N) is 1. The monoisotopic (exact) mass is 406 g/mol. The van der Waals surface area contributed by atoms with Crippen LogP contribution < -0.4 is 11.1 Å². The second kappa shape index (κ2) is 9.84. The predicted octanol–water partition coefficient (Wildman–Crippen LogP) is 4.84. The minimum Gasteiger partial charge on any atom is -0.324 e. The molecule has 0 aliphatic heterocycles. The molecule has 0 radical (unpaired) electrons. The lowest BCUT2D eigenvalue weighted by Crippen LogP contribution is -2.45. The van der Waals surface area contributed by atoms with Crippen LogP contribution in [0.2, 0.25) is 5.02 Å². The van der Waals surface area contributed by atoms with E-state index >= 15 is 0 Å². The highest BCUT2D eigenvalue weighted by molar-refractivity contribution is 6.31. The topological polar surface area (TPSA) is 55.1 Å². The van der Waals surface area contributed by atoms with E-state index in [4.69, 9.17) is 17.3 Å². The van der Waals surface area contributed by atoms with Gasteiger partial charge in [-0.1, -0.05) is 90.0 Å². The number of benzene rings is 3. The Labute approximate surface area is 177 Å². The largest absolute Gasteiger partial charge is 0.324 e. The van der Waals surface area contributed by atoms with Gasteiger partial charge in [0.05, 0.1) is 12.1 Å². The van der Waals surface area contributed by atoms with E-state index in [1.807, 2.05) is 36.4 Å². The summed E-state index contributed by atoms with van der Waals surface area (Å²) in [6, 6.07) is 26.8. The zero-order valence-corrected chi connectivity index (χ0v) is 17.5. The molecule has 3 aromatic carbocycles. The van der Waals surface area contributed by atoms with Crippen LogP contribution >= 0.6 is 11.6 Å². The standard InChI is InChI=1S/C25H27ClN2O/c1-19-13-15-21(16-14-19)25(20-8-3-2-4-9-20,23-11-5-6-12-24(23)26)28-17-7-10-22(29)18-27/h2-6,8-9,11-16,28H,7,10,17-18,27H2,1H3. The molecule has 3 nitrogen and oxygen atoms in total. The molecule has 3 N–H and O–H groups in total. The molecule has 0 aliphatic rings. The molecule has 150 valence electrons. The van der Waals surface area contributed by atoms with Gasteiger partial charge in [-0.3, -0.25) is 10.1 Å². The van der Waals surface area contributed by atoms with E-state index in [0.29, 0.717) is 24.4 Å². The van der Waals surface area contributed by atoms with Gasteiger partial charge >= 0.3 is 0 Å². The van der Waals surface area contributed by atoms with Gasteiger partial charge in [-0.05, 0) is 42.6 Å². The summed E-state index contributed by atoms with van der Waals surface area (Å²) in [7, 11) is 0. The van der Waals surface area contributed by atoms with Crippen LogP contribution in [0.3, 0.4) is 0 Å². The van der Waals surface area contributed by atoms with Gasteiger partial charge in [0.1, 0.15) is 5.78 Å². The van der Waals surface area contributed by atoms with Crippen molar-refractivity contribution in [1.29, 1.82) is 0 Å². The maximum absolute atomic E-state index is 11.7. The van der Waals surface area contributed by atoms with Gasteiger partial charge in [0, 0.05) is 11.4 Å². The Bertz CT molecular complexity index is 941. The molecule has 0 fully saturated rings. The van der Waals surface area contributed by atoms with Crippen LogP contribution in [0.15, 0.2) is 78.9 Å². The summed E-state index contributed by atoms with van der Waals surface area (Å²) in [6.45, 7) is 2.82. The quantitative estimate of drug-likeness (QED) is 0.395. The van der Waals surface area contributed by atoms with Crippen LogP contribution in [0.25, 0.3) is 0 Å². The molecule has 0 spiro atoms. The van der Waals surface area contributed by atoms with Crippen molar-refractivity contribution in [2.24, 2.45) is 5.73 Å². The van der Waals surface area contributed by atoms with Crippen LogP contribution in [0.5, 0.6) is 0 Å². The Morgan fingerprint density at radius 2 is 1.55 bits per heavy atom. The minimum atomic E-state index is -0.626. The van der Waals surface area contributed by atoms with E-state index in [9.17, 15) is 4.79 Å². The smallest absolute Gasteiger partial charge is 0.146 e. The number of halogens is 1. The summed E-state index contributed by atoms with van der Waals surface area (Å²) < 4.78 is 0. The van der Waals surface area contributed by atoms with Crippen molar-refractivity contribution >= 4 is 17.4 Å². The number of aryl methyl sites for hydroxylation is 1. The van der Waals surface area contributed by atoms with Gasteiger partial charge in [0.15, 0.2) is 0 Å². The lowest BCUT2D eigenvalue weighted by Gasteiger charge is -2.38. The minimum absolute atomic E-state index is 0.0743. The molecule has 29 heavy (non-hydrogen) atoms. The highest BCUT2D eigenvalue weighted by Crippen LogP contribution is 2.40. The Morgan fingerprint density at radius 3 is 2.21 bits per heavy atom. The van der Waals surface area contributed by atoms with Gasteiger partial charge in [-0.15, -0.1) is 0 Å². The molecule has 3 rings (SSSR count). The average molecular weight is 407 g/mol. The summed E-state index contributed by atoms with van der Waals surface area (Å²) in [5, 5.41) is 4.44. The molecular formula is C25H27ClN2O. The van der Waals surface area contributed by atoms with Gasteiger partial charge in [0.25, 0.3) is 0 Å². The van der Waals surface area contributed by atoms with Crippen LogP contribution in [-0.4, -0.2) is 18.9 Å². The third kappa shape index (κ3) is 4.76. The summed E-state index contributed by atoms with van der Waals surface area (Å²) in [5.41, 5.74) is 9.22. The normalized spacial score (nSPS) is 13.1. The lowest BCUT2D eigenvalue weighted by molar-refractivity contribution is -0.117. The van der Waals surface area contributed by atoms with Crippen LogP contribution in [0.4, 0.5) is 0 Å². The number of nitrogens with two attached hydrogens (primary N) is 1. The Kier molecular flexibility index (Phi) is 7.21. The van der Waals surface area contributed by atoms with Crippen molar-refractivity contribution in [3.05, 3.63) is 106 Å². The fourth-order valence-electron chi connectivity index (χ4n) is 3.70. The summed E-state index contributed by atoms with van der Waals surface area (Å²) in [5.74, 6) is 0.0743. The first-order valence-corrected chi connectivity index (χ1v) is 10.3. The number of Topliss-reactive ketones (excluding diaryl/α,β-unsaturated/α-hetero) is 1. The summed E-state index contributed by atoms with van der Waals surface area (Å²) in [4.78, 5) is 11.7. The maximum Gasteiger partial charge on any atom is 0.146 e. The van der Waals surface area contributed by atoms with Crippen molar-refractivity contribution in [2.45, 2.75) is 25.3 Å². The van der Waals surface area contributed by atoms with E-state index in [1.165, 1.54) is 5.56 Å². The second-order valence-corrected chi connectivity index (χ2v) is 7.64. The molecular weight excluding hydrogens is 380 g/mol. The summed E-state index contributed by atoms with van der Waals surface area (Å²) in [6.07, 6.45) is 1.17. The number of carbonyl (C=O) groups is 1. The summed E-state index contributed by atoms with van der Waals surface area (Å²) >= 11 is 6.71. The Morgan fingerprint density at radius 1 is 0.931 bits per heavy atom. The van der Waals surface area contributed by atoms with Crippen molar-refractivity contribution in [3.8, 4) is 0 Å². The highest BCUT2D eigenvalue weighted by atomic mass is 35.5. The third-order valence-electron chi connectivity index (χ3n) is 5.22. The molecule has 0 aliphatic carbocycles. The van der Waals surface area contributed by atoms with Crippen molar-refractivity contribution in [2.75, 3.05) is 13.1 Å². The molecule has 3 aromatic rings. The molecule has 0 saturated carbocycles. The van der Waals surface area contributed by atoms with Gasteiger partial charge in [0.2, 0.25) is 0 Å². The van der Waals surface area contributed by atoms with Gasteiger partial charge in [-0.2, -0.15) is 0 Å². The van der Waals surface area contributed by atoms with Crippen LogP contribution in [0.1, 0.15) is 35.1 Å². The SMILES string of the molecule is Cc1ccc(C(NCCCC(=O)CN)(c2ccccc2)c2ccccc2Cl)cc1. The van der Waals surface area contributed by atoms with Gasteiger partial charge < -0.3 is 5.73 Å². The fraction of sp³-hybridized carbons (Fsp3) is 0.240. The van der Waals surface area contributed by atoms with Gasteiger partial charge in [-0.25, -0.2) is 0 Å². The molecule has 1 unspecified atom stereocenters. The van der Waals surface area contributed by atoms with E-state index in [0.717, 1.165) is 16.7 Å². The molecule has 0 saturated heterocycles.